The Bertz CT molecular complexity index is 763. The predicted octanol–water partition coefficient (Wildman–Crippen LogP) is 3.80. The number of benzene rings is 1. The average molecular weight is 363 g/mol. The number of halogens is 1. The number of nitrogens with zero attached hydrogens (tertiary/aromatic N) is 2. The minimum absolute atomic E-state index is 0.00862. The van der Waals surface area contributed by atoms with Crippen molar-refractivity contribution in [2.24, 2.45) is 0 Å². The molecule has 0 unspecified atom stereocenters. The fraction of sp³-hybridized carbons (Fsp3) is 0.389. The van der Waals surface area contributed by atoms with Gasteiger partial charge in [-0.25, -0.2) is 9.18 Å². The maximum atomic E-state index is 13.0. The van der Waals surface area contributed by atoms with E-state index in [9.17, 15) is 9.18 Å². The molecule has 0 spiro atoms. The first-order valence-corrected chi connectivity index (χ1v) is 8.05. The van der Waals surface area contributed by atoms with Gasteiger partial charge in [0, 0.05) is 24.6 Å². The average Bonchev–Trinajstić information content (AvgIpc) is 3.00. The van der Waals surface area contributed by atoms with Gasteiger partial charge < -0.3 is 19.2 Å². The van der Waals surface area contributed by atoms with Crippen molar-refractivity contribution in [3.05, 3.63) is 42.1 Å². The summed E-state index contributed by atoms with van der Waals surface area (Å²) >= 11 is 0. The zero-order chi connectivity index (χ0) is 19.2. The van der Waals surface area contributed by atoms with Crippen molar-refractivity contribution < 1.29 is 23.1 Å². The Balaban J connectivity index is 1.83. The molecule has 1 amide bonds. The molecule has 2 rings (SSSR count). The van der Waals surface area contributed by atoms with E-state index in [0.717, 1.165) is 5.56 Å². The zero-order valence-corrected chi connectivity index (χ0v) is 15.2. The maximum Gasteiger partial charge on any atom is 0.407 e. The number of carbonyl (C=O) groups excluding carboxylic acids is 1. The van der Waals surface area contributed by atoms with Crippen LogP contribution >= 0.6 is 0 Å². The largest absolute Gasteiger partial charge is 0.489 e. The lowest BCUT2D eigenvalue weighted by molar-refractivity contribution is 0.0531. The third-order valence-corrected chi connectivity index (χ3v) is 3.06. The summed E-state index contributed by atoms with van der Waals surface area (Å²) in [7, 11) is 0. The molecule has 26 heavy (non-hydrogen) atoms. The van der Waals surface area contributed by atoms with Gasteiger partial charge in [-0.05, 0) is 45.0 Å². The summed E-state index contributed by atoms with van der Waals surface area (Å²) in [5.41, 5.74) is 0.414. The molecule has 7 nitrogen and oxygen atoms in total. The molecule has 140 valence electrons. The number of hydrogen-bond acceptors (Lipinski definition) is 6. The number of amides is 1. The van der Waals surface area contributed by atoms with Gasteiger partial charge in [-0.2, -0.15) is 0 Å². The fourth-order valence-corrected chi connectivity index (χ4v) is 1.90. The number of rotatable bonds is 6. The molecule has 0 bridgehead atoms. The number of aromatic nitrogens is 2. The number of aryl methyl sites for hydroxylation is 1. The molecule has 2 aromatic rings. The lowest BCUT2D eigenvalue weighted by Crippen LogP contribution is -2.34. The Morgan fingerprint density at radius 3 is 2.50 bits per heavy atom. The lowest BCUT2D eigenvalue weighted by atomic mass is 10.2. The first-order valence-electron chi connectivity index (χ1n) is 8.05. The summed E-state index contributed by atoms with van der Waals surface area (Å²) in [6.07, 6.45) is -0.205. The van der Waals surface area contributed by atoms with Crippen LogP contribution in [0.25, 0.3) is 11.5 Å². The molecule has 8 heteroatoms. The van der Waals surface area contributed by atoms with Crippen LogP contribution in [0.2, 0.25) is 0 Å². The highest BCUT2D eigenvalue weighted by Gasteiger charge is 2.16. The first-order chi connectivity index (χ1) is 12.3. The van der Waals surface area contributed by atoms with Crippen LogP contribution in [0.1, 0.15) is 26.7 Å². The van der Waals surface area contributed by atoms with Crippen LogP contribution in [-0.2, 0) is 4.74 Å². The van der Waals surface area contributed by atoms with Gasteiger partial charge in [-0.15, -0.1) is 10.2 Å². The van der Waals surface area contributed by atoms with E-state index in [-0.39, 0.29) is 18.7 Å². The van der Waals surface area contributed by atoms with Crippen LogP contribution in [0.4, 0.5) is 9.18 Å². The van der Waals surface area contributed by atoms with Crippen LogP contribution in [-0.4, -0.2) is 35.0 Å². The van der Waals surface area contributed by atoms with Gasteiger partial charge in [0.05, 0.1) is 6.33 Å². The van der Waals surface area contributed by atoms with Crippen molar-refractivity contribution in [1.82, 2.24) is 15.5 Å². The number of ether oxygens (including phenoxy) is 2. The van der Waals surface area contributed by atoms with Crippen LogP contribution < -0.4 is 10.1 Å². The summed E-state index contributed by atoms with van der Waals surface area (Å²) < 4.78 is 28.9. The molecule has 0 saturated carbocycles. The zero-order valence-electron chi connectivity index (χ0n) is 15.2. The van der Waals surface area contributed by atoms with Gasteiger partial charge in [0.15, 0.2) is 0 Å². The van der Waals surface area contributed by atoms with Gasteiger partial charge in [-0.3, -0.25) is 0 Å². The van der Waals surface area contributed by atoms with E-state index in [1.54, 1.807) is 52.0 Å². The minimum atomic E-state index is -0.615. The normalized spacial score (nSPS) is 12.0. The van der Waals surface area contributed by atoms with Crippen LogP contribution in [0, 0.1) is 6.92 Å². The summed E-state index contributed by atoms with van der Waals surface area (Å²) in [5, 5.41) is 10.2. The highest BCUT2D eigenvalue weighted by molar-refractivity contribution is 5.68. The third kappa shape index (κ3) is 6.19. The van der Waals surface area contributed by atoms with Crippen molar-refractivity contribution in [3.63, 3.8) is 0 Å². The summed E-state index contributed by atoms with van der Waals surface area (Å²) in [4.78, 5) is 11.6. The SMILES string of the molecule is Cc1nnc(-c2ccc(OC/C(=C/F)CNC(=O)OC(C)(C)C)cc2)o1. The number of hydrogen-bond donors (Lipinski definition) is 1. The molecular formula is C18H22FN3O4. The second-order valence-corrected chi connectivity index (χ2v) is 6.56. The molecule has 0 radical (unpaired) electrons. The summed E-state index contributed by atoms with van der Waals surface area (Å²) in [5.74, 6) is 1.44. The molecule has 0 aliphatic carbocycles. The van der Waals surface area contributed by atoms with E-state index in [1.807, 2.05) is 0 Å². The highest BCUT2D eigenvalue weighted by Crippen LogP contribution is 2.21. The molecule has 0 aliphatic rings. The maximum absolute atomic E-state index is 13.0. The fourth-order valence-electron chi connectivity index (χ4n) is 1.90. The van der Waals surface area contributed by atoms with E-state index in [1.165, 1.54) is 0 Å². The Morgan fingerprint density at radius 2 is 1.96 bits per heavy atom. The van der Waals surface area contributed by atoms with Crippen molar-refractivity contribution in [3.8, 4) is 17.2 Å². The van der Waals surface area contributed by atoms with Crippen molar-refractivity contribution in [1.29, 1.82) is 0 Å². The Morgan fingerprint density at radius 1 is 1.27 bits per heavy atom. The smallest absolute Gasteiger partial charge is 0.407 e. The van der Waals surface area contributed by atoms with Crippen LogP contribution in [0.5, 0.6) is 5.75 Å². The summed E-state index contributed by atoms with van der Waals surface area (Å²) in [6, 6.07) is 6.96. The van der Waals surface area contributed by atoms with Gasteiger partial charge in [0.25, 0.3) is 0 Å². The molecule has 0 saturated heterocycles. The minimum Gasteiger partial charge on any atom is -0.489 e. The topological polar surface area (TPSA) is 86.5 Å². The molecule has 0 atom stereocenters. The summed E-state index contributed by atoms with van der Waals surface area (Å²) in [6.45, 7) is 6.95. The molecule has 1 aromatic heterocycles. The molecule has 1 aromatic carbocycles. The molecule has 1 heterocycles. The predicted molar refractivity (Wildman–Crippen MR) is 93.4 cm³/mol. The second-order valence-electron chi connectivity index (χ2n) is 6.56. The van der Waals surface area contributed by atoms with E-state index in [0.29, 0.717) is 23.9 Å². The first kappa shape index (κ1) is 19.4. The second kappa shape index (κ2) is 8.46. The molecule has 1 N–H and O–H groups in total. The third-order valence-electron chi connectivity index (χ3n) is 3.06. The molecular weight excluding hydrogens is 341 g/mol. The lowest BCUT2D eigenvalue weighted by Gasteiger charge is -2.20. The van der Waals surface area contributed by atoms with E-state index < -0.39 is 11.7 Å². The van der Waals surface area contributed by atoms with E-state index in [4.69, 9.17) is 13.9 Å². The van der Waals surface area contributed by atoms with Crippen molar-refractivity contribution >= 4 is 6.09 Å². The Hall–Kier alpha value is -2.90. The molecule has 0 aliphatic heterocycles. The number of nitrogens with one attached hydrogen (secondary N) is 1. The Labute approximate surface area is 151 Å². The van der Waals surface area contributed by atoms with Crippen LogP contribution in [0.3, 0.4) is 0 Å². The Kier molecular flexibility index (Phi) is 6.32. The number of alkyl carbamates (subject to hydrolysis) is 1. The standard InChI is InChI=1S/C18H22FN3O4/c1-12-21-22-16(25-12)14-5-7-15(8-6-14)24-11-13(9-19)10-20-17(23)26-18(2,3)4/h5-9H,10-11H2,1-4H3,(H,20,23)/b13-9+. The quantitative estimate of drug-likeness (QED) is 0.840. The van der Waals surface area contributed by atoms with Gasteiger partial charge in [-0.1, -0.05) is 0 Å². The highest BCUT2D eigenvalue weighted by atomic mass is 19.1. The van der Waals surface area contributed by atoms with Gasteiger partial charge in [0.1, 0.15) is 18.0 Å². The monoisotopic (exact) mass is 363 g/mol. The van der Waals surface area contributed by atoms with Gasteiger partial charge >= 0.3 is 6.09 Å². The van der Waals surface area contributed by atoms with Crippen LogP contribution in [0.15, 0.2) is 40.6 Å². The van der Waals surface area contributed by atoms with Gasteiger partial charge in [0.2, 0.25) is 11.8 Å². The van der Waals surface area contributed by atoms with Crippen molar-refractivity contribution in [2.45, 2.75) is 33.3 Å². The van der Waals surface area contributed by atoms with E-state index >= 15 is 0 Å². The van der Waals surface area contributed by atoms with E-state index in [2.05, 4.69) is 15.5 Å². The number of carbonyl (C=O) groups is 1. The molecule has 0 fully saturated rings. The van der Waals surface area contributed by atoms with Crippen molar-refractivity contribution in [2.75, 3.05) is 13.2 Å².